The number of amides is 2. The number of nitrogens with one attached hydrogen (secondary N) is 3. The quantitative estimate of drug-likeness (QED) is 0.00585. The lowest BCUT2D eigenvalue weighted by molar-refractivity contribution is -0.435. The van der Waals surface area contributed by atoms with Crippen LogP contribution in [-0.2, 0) is 94.0 Å². The fraction of sp³-hybridized carbons (Fsp3) is 0.111. The third kappa shape index (κ3) is 19.4. The lowest BCUT2D eigenvalue weighted by Crippen LogP contribution is -2.19. The summed E-state index contributed by atoms with van der Waals surface area (Å²) >= 11 is 4.59. The average Bonchev–Trinajstić information content (AvgIpc) is 1.30. The van der Waals surface area contributed by atoms with Crippen molar-refractivity contribution < 1.29 is 117 Å². The van der Waals surface area contributed by atoms with E-state index in [0.29, 0.717) is 18.1 Å². The molecule has 1 atom stereocenters. The number of carbonyl (C=O) groups excluding carboxylic acids is 1. The number of nitrogens with zero attached hydrogens (tertiary/aromatic N) is 9. The number of hydrogen-bond acceptors (Lipinski definition) is 34. The molecule has 0 aliphatic rings. The van der Waals surface area contributed by atoms with Gasteiger partial charge in [0.1, 0.15) is 37.4 Å². The van der Waals surface area contributed by atoms with Crippen LogP contribution in [0.25, 0.3) is 10.8 Å². The molecule has 1 unspecified atom stereocenters. The van der Waals surface area contributed by atoms with Gasteiger partial charge in [0.2, 0.25) is 17.2 Å². The number of phenols is 1. The molecular weight excluding hydrogens is 1320 g/mol. The number of anilines is 5. The minimum Gasteiger partial charge on any atom is -0.505 e. The number of nitrogens with two attached hydrogens (primary N) is 1. The van der Waals surface area contributed by atoms with E-state index in [-0.39, 0.29) is 51.7 Å². The topological polar surface area (TPSA) is 586 Å². The SMILES string of the molecule is NC(=O)Nc1cc(Nc2nc(Cl)nc(Nc3ccc4c(O)c(N=Nc5ccc(SOOCCS(=O)OOO)cc5S(=O)(=O)O)c(SOOO)cc4c3S(=O)(=O)O)n2)ccc1N=Nc1ccc(N=NS(=O)(=O)CCOS(=O)(=O)O)cc1S(=O)(=O)O. The first-order chi connectivity index (χ1) is 39.3. The molecule has 0 aliphatic carbocycles. The fourth-order valence-electron chi connectivity index (χ4n) is 6.19. The monoisotopic (exact) mass is 1350 g/mol. The van der Waals surface area contributed by atoms with E-state index in [1.807, 2.05) is 0 Å². The van der Waals surface area contributed by atoms with Crippen molar-refractivity contribution in [2.45, 2.75) is 24.5 Å². The van der Waals surface area contributed by atoms with Crippen molar-refractivity contribution in [2.24, 2.45) is 35.8 Å². The third-order valence-corrected chi connectivity index (χ3v) is 15.7. The number of urea groups is 1. The summed E-state index contributed by atoms with van der Waals surface area (Å²) in [6.45, 7) is -1.42. The molecule has 0 fully saturated rings. The maximum Gasteiger partial charge on any atom is 0.397 e. The molecule has 39 nitrogen and oxygen atoms in total. The van der Waals surface area contributed by atoms with Crippen LogP contribution in [-0.4, -0.2) is 126 Å². The van der Waals surface area contributed by atoms with Crippen LogP contribution >= 0.6 is 35.7 Å². The van der Waals surface area contributed by atoms with Crippen LogP contribution in [0.3, 0.4) is 0 Å². The van der Waals surface area contributed by atoms with Gasteiger partial charge < -0.3 is 26.8 Å². The van der Waals surface area contributed by atoms with Crippen LogP contribution in [0, 0.1) is 0 Å². The Kier molecular flexibility index (Phi) is 22.4. The van der Waals surface area contributed by atoms with E-state index in [2.05, 4.69) is 83.9 Å². The van der Waals surface area contributed by atoms with Crippen molar-refractivity contribution >= 4 is 172 Å². The second-order valence-corrected chi connectivity index (χ2v) is 25.0. The van der Waals surface area contributed by atoms with Crippen LogP contribution in [0.4, 0.5) is 62.2 Å². The number of carbonyl (C=O) groups is 1. The molecule has 0 saturated heterocycles. The van der Waals surface area contributed by atoms with Crippen LogP contribution in [0.1, 0.15) is 0 Å². The van der Waals surface area contributed by atoms with E-state index in [4.69, 9.17) is 41.6 Å². The van der Waals surface area contributed by atoms with Gasteiger partial charge in [-0.25, -0.2) is 37.0 Å². The number of primary amides is 1. The molecule has 0 bridgehead atoms. The molecular formula is C36H32ClN13O26S8. The van der Waals surface area contributed by atoms with E-state index in [1.54, 1.807) is 0 Å². The molecule has 48 heteroatoms. The van der Waals surface area contributed by atoms with E-state index in [1.165, 1.54) is 24.3 Å². The van der Waals surface area contributed by atoms with Crippen LogP contribution in [0.5, 0.6) is 5.75 Å². The Bertz CT molecular complexity index is 4210. The zero-order valence-electron chi connectivity index (χ0n) is 40.4. The fourth-order valence-corrected chi connectivity index (χ4v) is 10.9. The number of azo groups is 2. The molecule has 0 aliphatic heterocycles. The number of sulfonamides is 1. The number of halogens is 1. The van der Waals surface area contributed by atoms with Gasteiger partial charge in [0.15, 0.2) is 16.8 Å². The standard InChI is InChI=1S/C36H32ClN13O26S8/c37-33-42-35(39-17-1-5-22(26(13-17)40-34(38)52)46-47-23-6-2-18(14-28(23)81(58,59)60)45-50-80(56,57)12-10-71-84(67,68)69)44-36(43-33)41-25-8-4-20-21(32(25)83(64,65)66)16-27(78-75-72-53)30(31(20)51)49-48-24-7-3-19(15-29(24)82(61,62)63)77-74-70-9-11-79(55)76-73-54/h1-8,13-16,51,53-54H,9-12H2,(H3,38,40,52)(H,58,59,60)(H,61,62,63)(H,64,65,66)(H,67,68,69)(H2,39,41,42,43,44). The molecule has 12 N–H and O–H groups in total. The molecule has 452 valence electrons. The molecule has 1 aromatic heterocycles. The van der Waals surface area contributed by atoms with E-state index >= 15 is 0 Å². The maximum atomic E-state index is 13.1. The summed E-state index contributed by atoms with van der Waals surface area (Å²) in [6.07, 6.45) is 0. The number of aromatic hydroxyl groups is 1. The molecule has 5 aromatic carbocycles. The summed E-state index contributed by atoms with van der Waals surface area (Å²) in [7, 11) is -25.1. The summed E-state index contributed by atoms with van der Waals surface area (Å²) in [6, 6.07) is 11.1. The molecule has 2 amide bonds. The summed E-state index contributed by atoms with van der Waals surface area (Å²) in [5.74, 6) is -3.24. The maximum absolute atomic E-state index is 13.1. The van der Waals surface area contributed by atoms with E-state index < -0.39 is 157 Å². The van der Waals surface area contributed by atoms with Crippen molar-refractivity contribution in [3.63, 3.8) is 0 Å². The summed E-state index contributed by atoms with van der Waals surface area (Å²) in [5.41, 5.74) is 2.20. The van der Waals surface area contributed by atoms with Crippen molar-refractivity contribution in [1.29, 1.82) is 0 Å². The highest BCUT2D eigenvalue weighted by molar-refractivity contribution is 7.95. The number of phenolic OH excluding ortho intramolecular Hbond substituents is 1. The lowest BCUT2D eigenvalue weighted by atomic mass is 10.1. The zero-order valence-corrected chi connectivity index (χ0v) is 47.7. The third-order valence-electron chi connectivity index (χ3n) is 9.39. The van der Waals surface area contributed by atoms with Gasteiger partial charge in [-0.3, -0.25) is 18.2 Å². The first kappa shape index (κ1) is 66.4. The molecule has 0 spiro atoms. The van der Waals surface area contributed by atoms with Crippen LogP contribution < -0.4 is 21.7 Å². The van der Waals surface area contributed by atoms with Gasteiger partial charge in [0, 0.05) is 21.4 Å². The van der Waals surface area contributed by atoms with Gasteiger partial charge in [-0.1, -0.05) is 14.6 Å². The molecule has 6 rings (SSSR count). The van der Waals surface area contributed by atoms with Crippen molar-refractivity contribution in [2.75, 3.05) is 40.7 Å². The zero-order chi connectivity index (χ0) is 61.8. The van der Waals surface area contributed by atoms with Gasteiger partial charge in [0.05, 0.1) is 70.8 Å². The van der Waals surface area contributed by atoms with Crippen LogP contribution in [0.2, 0.25) is 5.28 Å². The van der Waals surface area contributed by atoms with Gasteiger partial charge >= 0.3 is 16.4 Å². The van der Waals surface area contributed by atoms with Crippen molar-refractivity contribution in [3.8, 4) is 5.75 Å². The lowest BCUT2D eigenvalue weighted by Gasteiger charge is -2.15. The Balaban J connectivity index is 1.28. The number of hydrogen-bond donors (Lipinski definition) is 11. The second kappa shape index (κ2) is 28.4. The van der Waals surface area contributed by atoms with Gasteiger partial charge in [-0.15, -0.1) is 34.2 Å². The largest absolute Gasteiger partial charge is 0.505 e. The van der Waals surface area contributed by atoms with Crippen molar-refractivity contribution in [3.05, 3.63) is 78.1 Å². The Labute approximate surface area is 485 Å². The Hall–Kier alpha value is -6.79. The van der Waals surface area contributed by atoms with Crippen LogP contribution in [0.15, 0.2) is 127 Å². The highest BCUT2D eigenvalue weighted by Crippen LogP contribution is 2.47. The Morgan fingerprint density at radius 2 is 1.32 bits per heavy atom. The minimum atomic E-state index is -5.36. The first-order valence-corrected chi connectivity index (χ1v) is 31.5. The highest BCUT2D eigenvalue weighted by atomic mass is 35.5. The van der Waals surface area contributed by atoms with Gasteiger partial charge in [-0.2, -0.15) is 53.0 Å². The van der Waals surface area contributed by atoms with Gasteiger partial charge in [-0.05, 0) is 84.4 Å². The Morgan fingerprint density at radius 3 is 1.96 bits per heavy atom. The number of fused-ring (bicyclic) bond motifs is 1. The molecule has 1 heterocycles. The minimum absolute atomic E-state index is 0.0155. The predicted molar refractivity (Wildman–Crippen MR) is 285 cm³/mol. The number of benzene rings is 5. The van der Waals surface area contributed by atoms with E-state index in [0.717, 1.165) is 42.5 Å². The average molecular weight is 1350 g/mol. The second-order valence-electron chi connectivity index (χ2n) is 15.0. The summed E-state index contributed by atoms with van der Waals surface area (Å²) in [4.78, 5) is 25.5. The van der Waals surface area contributed by atoms with Gasteiger partial charge in [0.25, 0.3) is 40.4 Å². The summed E-state index contributed by atoms with van der Waals surface area (Å²) in [5, 5.41) is 60.4. The number of aromatic nitrogens is 3. The van der Waals surface area contributed by atoms with E-state index in [9.17, 15) is 69.9 Å². The molecule has 0 saturated carbocycles. The predicted octanol–water partition coefficient (Wildman–Crippen LogP) is 6.63. The molecule has 0 radical (unpaired) electrons. The molecule has 84 heavy (non-hydrogen) atoms. The Morgan fingerprint density at radius 1 is 0.679 bits per heavy atom. The molecule has 6 aromatic rings. The van der Waals surface area contributed by atoms with Crippen molar-refractivity contribution in [1.82, 2.24) is 15.0 Å². The first-order valence-electron chi connectivity index (χ1n) is 21.1. The number of rotatable bonds is 29. The highest BCUT2D eigenvalue weighted by Gasteiger charge is 2.27. The summed E-state index contributed by atoms with van der Waals surface area (Å²) < 4.78 is 192. The normalized spacial score (nSPS) is 13.1. The smallest absolute Gasteiger partial charge is 0.397 e.